The van der Waals surface area contributed by atoms with Crippen molar-refractivity contribution < 1.29 is 0 Å². The van der Waals surface area contributed by atoms with Gasteiger partial charge in [0.2, 0.25) is 0 Å². The summed E-state index contributed by atoms with van der Waals surface area (Å²) in [6.07, 6.45) is 1.84. The summed E-state index contributed by atoms with van der Waals surface area (Å²) in [5, 5.41) is 5.15. The average molecular weight is 278 g/mol. The Kier molecular flexibility index (Phi) is 2.83. The molecular weight excluding hydrogens is 264 g/mol. The molecule has 0 aromatic carbocycles. The van der Waals surface area contributed by atoms with E-state index in [4.69, 9.17) is 5.73 Å². The molecule has 4 nitrogen and oxygen atoms in total. The molecule has 1 aliphatic heterocycles. The molecule has 1 unspecified atom stereocenters. The lowest BCUT2D eigenvalue weighted by Gasteiger charge is -2.34. The van der Waals surface area contributed by atoms with Gasteiger partial charge in [-0.25, -0.2) is 4.98 Å². The van der Waals surface area contributed by atoms with E-state index in [0.717, 1.165) is 11.6 Å². The summed E-state index contributed by atoms with van der Waals surface area (Å²) in [5.74, 6) is 0.612. The first-order chi connectivity index (χ1) is 8.70. The standard InChI is InChI=1S/C12H14N4S2/c1-12(10-14-4-6-18-10)8-15-11(13)16(12)7-9-3-2-5-17-9/h2-6H,7-8H2,1H3,(H2,13,15). The normalized spacial score (nSPS) is 23.4. The zero-order valence-electron chi connectivity index (χ0n) is 10.0. The van der Waals surface area contributed by atoms with Gasteiger partial charge in [0.1, 0.15) is 10.5 Å². The minimum atomic E-state index is -0.206. The van der Waals surface area contributed by atoms with Crippen molar-refractivity contribution in [3.05, 3.63) is 39.0 Å². The van der Waals surface area contributed by atoms with Gasteiger partial charge in [-0.3, -0.25) is 4.99 Å². The van der Waals surface area contributed by atoms with Crippen LogP contribution in [0.2, 0.25) is 0 Å². The molecule has 0 saturated heterocycles. The molecule has 3 rings (SSSR count). The highest BCUT2D eigenvalue weighted by Gasteiger charge is 2.41. The Labute approximate surface area is 114 Å². The first-order valence-corrected chi connectivity index (χ1v) is 7.46. The highest BCUT2D eigenvalue weighted by atomic mass is 32.1. The largest absolute Gasteiger partial charge is 0.370 e. The summed E-state index contributed by atoms with van der Waals surface area (Å²) >= 11 is 3.40. The van der Waals surface area contributed by atoms with E-state index in [0.29, 0.717) is 12.5 Å². The fraction of sp³-hybridized carbons (Fsp3) is 0.333. The molecule has 0 amide bonds. The van der Waals surface area contributed by atoms with Crippen LogP contribution in [-0.4, -0.2) is 22.4 Å². The second-order valence-corrected chi connectivity index (χ2v) is 6.38. The van der Waals surface area contributed by atoms with E-state index in [9.17, 15) is 0 Å². The van der Waals surface area contributed by atoms with Gasteiger partial charge in [-0.15, -0.1) is 22.7 Å². The molecule has 0 radical (unpaired) electrons. The summed E-state index contributed by atoms with van der Waals surface area (Å²) in [5.41, 5.74) is 5.83. The SMILES string of the molecule is CC1(c2nccs2)CN=C(N)N1Cc1cccs1. The molecule has 1 atom stereocenters. The van der Waals surface area contributed by atoms with Crippen molar-refractivity contribution >= 4 is 28.6 Å². The Morgan fingerprint density at radius 2 is 2.33 bits per heavy atom. The fourth-order valence-corrected chi connectivity index (χ4v) is 3.64. The highest BCUT2D eigenvalue weighted by molar-refractivity contribution is 7.10. The quantitative estimate of drug-likeness (QED) is 0.937. The third-order valence-corrected chi connectivity index (χ3v) is 5.10. The molecular formula is C12H14N4S2. The number of nitrogens with zero attached hydrogens (tertiary/aromatic N) is 3. The minimum absolute atomic E-state index is 0.206. The highest BCUT2D eigenvalue weighted by Crippen LogP contribution is 2.35. The van der Waals surface area contributed by atoms with Crippen LogP contribution in [0.5, 0.6) is 0 Å². The number of hydrogen-bond donors (Lipinski definition) is 1. The number of aromatic nitrogens is 1. The molecule has 94 valence electrons. The zero-order valence-corrected chi connectivity index (χ0v) is 11.7. The molecule has 0 bridgehead atoms. The second-order valence-electron chi connectivity index (χ2n) is 4.45. The van der Waals surface area contributed by atoms with E-state index < -0.39 is 0 Å². The van der Waals surface area contributed by atoms with Crippen LogP contribution in [0.3, 0.4) is 0 Å². The van der Waals surface area contributed by atoms with Crippen molar-refractivity contribution in [1.29, 1.82) is 0 Å². The maximum absolute atomic E-state index is 6.03. The summed E-state index contributed by atoms with van der Waals surface area (Å²) in [7, 11) is 0. The molecule has 0 aliphatic carbocycles. The third kappa shape index (κ3) is 1.81. The van der Waals surface area contributed by atoms with E-state index in [1.54, 1.807) is 22.7 Å². The predicted molar refractivity (Wildman–Crippen MR) is 75.8 cm³/mol. The number of rotatable bonds is 3. The number of guanidine groups is 1. The Morgan fingerprint density at radius 3 is 3.00 bits per heavy atom. The molecule has 2 N–H and O–H groups in total. The Balaban J connectivity index is 1.91. The smallest absolute Gasteiger partial charge is 0.192 e. The molecule has 18 heavy (non-hydrogen) atoms. The van der Waals surface area contributed by atoms with Crippen LogP contribution in [-0.2, 0) is 12.1 Å². The molecule has 0 fully saturated rings. The Hall–Kier alpha value is -1.40. The lowest BCUT2D eigenvalue weighted by molar-refractivity contribution is 0.218. The first kappa shape index (κ1) is 11.7. The van der Waals surface area contributed by atoms with Gasteiger partial charge >= 0.3 is 0 Å². The molecule has 3 heterocycles. The van der Waals surface area contributed by atoms with Crippen molar-refractivity contribution in [2.45, 2.75) is 19.0 Å². The van der Waals surface area contributed by atoms with Crippen LogP contribution >= 0.6 is 22.7 Å². The maximum Gasteiger partial charge on any atom is 0.192 e. The number of aliphatic imine (C=N–C) groups is 1. The average Bonchev–Trinajstić information content (AvgIpc) is 3.07. The fourth-order valence-electron chi connectivity index (χ4n) is 2.14. The predicted octanol–water partition coefficient (Wildman–Crippen LogP) is 2.25. The molecule has 0 saturated carbocycles. The minimum Gasteiger partial charge on any atom is -0.370 e. The van der Waals surface area contributed by atoms with E-state index in [-0.39, 0.29) is 5.54 Å². The Bertz CT molecular complexity index is 547. The van der Waals surface area contributed by atoms with E-state index in [1.807, 2.05) is 11.6 Å². The van der Waals surface area contributed by atoms with Crippen LogP contribution < -0.4 is 5.73 Å². The van der Waals surface area contributed by atoms with Crippen molar-refractivity contribution in [3.8, 4) is 0 Å². The van der Waals surface area contributed by atoms with Crippen LogP contribution in [0.25, 0.3) is 0 Å². The van der Waals surface area contributed by atoms with E-state index in [2.05, 4.69) is 39.3 Å². The van der Waals surface area contributed by atoms with Gasteiger partial charge in [0.15, 0.2) is 5.96 Å². The van der Waals surface area contributed by atoms with Crippen LogP contribution in [0, 0.1) is 0 Å². The Morgan fingerprint density at radius 1 is 1.44 bits per heavy atom. The molecule has 2 aromatic heterocycles. The van der Waals surface area contributed by atoms with Gasteiger partial charge in [0.05, 0.1) is 13.1 Å². The lowest BCUT2D eigenvalue weighted by Crippen LogP contribution is -2.46. The van der Waals surface area contributed by atoms with Crippen LogP contribution in [0.15, 0.2) is 34.1 Å². The van der Waals surface area contributed by atoms with E-state index >= 15 is 0 Å². The third-order valence-electron chi connectivity index (χ3n) is 3.21. The monoisotopic (exact) mass is 278 g/mol. The van der Waals surface area contributed by atoms with Gasteiger partial charge in [-0.05, 0) is 18.4 Å². The van der Waals surface area contributed by atoms with Gasteiger partial charge in [-0.1, -0.05) is 6.07 Å². The number of hydrogen-bond acceptors (Lipinski definition) is 6. The van der Waals surface area contributed by atoms with Gasteiger partial charge in [-0.2, -0.15) is 0 Å². The topological polar surface area (TPSA) is 54.5 Å². The summed E-state index contributed by atoms with van der Waals surface area (Å²) in [6.45, 7) is 3.63. The van der Waals surface area contributed by atoms with Crippen molar-refractivity contribution in [2.75, 3.05) is 6.54 Å². The number of nitrogens with two attached hydrogens (primary N) is 1. The number of thiophene rings is 1. The van der Waals surface area contributed by atoms with Gasteiger partial charge in [0.25, 0.3) is 0 Å². The molecule has 2 aromatic rings. The zero-order chi connectivity index (χ0) is 12.6. The summed E-state index contributed by atoms with van der Waals surface area (Å²) in [6, 6.07) is 4.18. The lowest BCUT2D eigenvalue weighted by atomic mass is 10.0. The molecule has 0 spiro atoms. The number of thiazole rings is 1. The van der Waals surface area contributed by atoms with Gasteiger partial charge in [0, 0.05) is 16.5 Å². The van der Waals surface area contributed by atoms with Crippen molar-refractivity contribution in [1.82, 2.24) is 9.88 Å². The van der Waals surface area contributed by atoms with Gasteiger partial charge < -0.3 is 10.6 Å². The molecule has 1 aliphatic rings. The summed E-state index contributed by atoms with van der Waals surface area (Å²) < 4.78 is 0. The first-order valence-electron chi connectivity index (χ1n) is 5.70. The van der Waals surface area contributed by atoms with Crippen LogP contribution in [0.4, 0.5) is 0 Å². The second kappa shape index (κ2) is 4.37. The summed E-state index contributed by atoms with van der Waals surface area (Å²) in [4.78, 5) is 12.3. The van der Waals surface area contributed by atoms with Crippen molar-refractivity contribution in [2.24, 2.45) is 10.7 Å². The van der Waals surface area contributed by atoms with Crippen LogP contribution in [0.1, 0.15) is 16.8 Å². The maximum atomic E-state index is 6.03. The van der Waals surface area contributed by atoms with E-state index in [1.165, 1.54) is 4.88 Å². The van der Waals surface area contributed by atoms with Crippen molar-refractivity contribution in [3.63, 3.8) is 0 Å². The molecule has 6 heteroatoms.